The summed E-state index contributed by atoms with van der Waals surface area (Å²) in [7, 11) is 1.53. The Morgan fingerprint density at radius 1 is 1.12 bits per heavy atom. The van der Waals surface area contributed by atoms with Crippen LogP contribution in [0, 0.1) is 6.92 Å². The zero-order valence-corrected chi connectivity index (χ0v) is 9.66. The lowest BCUT2D eigenvalue weighted by atomic mass is 10.0. The molecular weight excluding hydrogens is 220 g/mol. The number of azide groups is 2. The van der Waals surface area contributed by atoms with Crippen LogP contribution in [0.5, 0.6) is 5.75 Å². The van der Waals surface area contributed by atoms with E-state index >= 15 is 0 Å². The quantitative estimate of drug-likeness (QED) is 0.431. The fourth-order valence-corrected chi connectivity index (χ4v) is 1.64. The van der Waals surface area contributed by atoms with Gasteiger partial charge in [0, 0.05) is 21.0 Å². The molecule has 0 fully saturated rings. The van der Waals surface area contributed by atoms with Crippen LogP contribution >= 0.6 is 0 Å². The van der Waals surface area contributed by atoms with Gasteiger partial charge in [-0.25, -0.2) is 0 Å². The number of methoxy groups -OCH3 is 1. The largest absolute Gasteiger partial charge is 0.496 e. The Balaban J connectivity index is 3.22. The van der Waals surface area contributed by atoms with Crippen molar-refractivity contribution in [3.8, 4) is 5.75 Å². The minimum Gasteiger partial charge on any atom is -0.496 e. The highest BCUT2D eigenvalue weighted by molar-refractivity contribution is 5.44. The predicted molar refractivity (Wildman–Crippen MR) is 63.4 cm³/mol. The molecule has 7 nitrogen and oxygen atoms in total. The molecule has 0 aliphatic rings. The summed E-state index contributed by atoms with van der Waals surface area (Å²) in [5, 5.41) is 7.02. The number of rotatable bonds is 5. The van der Waals surface area contributed by atoms with Crippen molar-refractivity contribution < 1.29 is 4.74 Å². The number of aryl methyl sites for hydroxylation is 1. The zero-order chi connectivity index (χ0) is 12.7. The van der Waals surface area contributed by atoms with Crippen LogP contribution < -0.4 is 4.74 Å². The van der Waals surface area contributed by atoms with E-state index in [9.17, 15) is 0 Å². The van der Waals surface area contributed by atoms with Crippen molar-refractivity contribution >= 4 is 0 Å². The highest BCUT2D eigenvalue weighted by atomic mass is 16.5. The van der Waals surface area contributed by atoms with Crippen LogP contribution in [-0.2, 0) is 13.1 Å². The molecule has 0 aromatic heterocycles. The molecule has 17 heavy (non-hydrogen) atoms. The van der Waals surface area contributed by atoms with Gasteiger partial charge < -0.3 is 4.74 Å². The van der Waals surface area contributed by atoms with E-state index in [-0.39, 0.29) is 13.1 Å². The summed E-state index contributed by atoms with van der Waals surface area (Å²) in [5.41, 5.74) is 19.2. The summed E-state index contributed by atoms with van der Waals surface area (Å²) >= 11 is 0. The van der Waals surface area contributed by atoms with Crippen LogP contribution in [0.15, 0.2) is 22.4 Å². The SMILES string of the molecule is COc1c(CN=[N+]=[N-])cc(C)cc1CN=[N+]=[N-]. The van der Waals surface area contributed by atoms with Gasteiger partial charge >= 0.3 is 0 Å². The summed E-state index contributed by atoms with van der Waals surface area (Å²) in [6.07, 6.45) is 0. The Labute approximate surface area is 98.3 Å². The average molecular weight is 232 g/mol. The van der Waals surface area contributed by atoms with Crippen LogP contribution in [0.2, 0.25) is 0 Å². The second-order valence-corrected chi connectivity index (χ2v) is 3.39. The van der Waals surface area contributed by atoms with E-state index in [4.69, 9.17) is 15.8 Å². The fourth-order valence-electron chi connectivity index (χ4n) is 1.64. The predicted octanol–water partition coefficient (Wildman–Crippen LogP) is 3.62. The highest BCUT2D eigenvalue weighted by Gasteiger charge is 2.09. The summed E-state index contributed by atoms with van der Waals surface area (Å²) < 4.78 is 5.26. The molecule has 7 heteroatoms. The molecule has 1 rings (SSSR count). The van der Waals surface area contributed by atoms with Gasteiger partial charge in [-0.2, -0.15) is 0 Å². The van der Waals surface area contributed by atoms with E-state index in [1.807, 2.05) is 19.1 Å². The maximum Gasteiger partial charge on any atom is 0.125 e. The van der Waals surface area contributed by atoms with E-state index < -0.39 is 0 Å². The molecule has 0 saturated carbocycles. The zero-order valence-electron chi connectivity index (χ0n) is 9.66. The van der Waals surface area contributed by atoms with Gasteiger partial charge in [-0.05, 0) is 18.0 Å². The molecule has 0 radical (unpaired) electrons. The van der Waals surface area contributed by atoms with E-state index in [0.717, 1.165) is 16.7 Å². The third kappa shape index (κ3) is 3.31. The lowest BCUT2D eigenvalue weighted by molar-refractivity contribution is 0.404. The number of nitrogens with zero attached hydrogens (tertiary/aromatic N) is 6. The molecular formula is C10H12N6O. The van der Waals surface area contributed by atoms with Crippen LogP contribution in [0.4, 0.5) is 0 Å². The minimum absolute atomic E-state index is 0.213. The topological polar surface area (TPSA) is 107 Å². The van der Waals surface area contributed by atoms with Crippen molar-refractivity contribution in [3.63, 3.8) is 0 Å². The molecule has 1 aromatic rings. The molecule has 0 bridgehead atoms. The Bertz CT molecular complexity index is 459. The number of hydrogen-bond acceptors (Lipinski definition) is 3. The first-order valence-electron chi connectivity index (χ1n) is 4.91. The monoisotopic (exact) mass is 232 g/mol. The van der Waals surface area contributed by atoms with Gasteiger partial charge in [0.2, 0.25) is 0 Å². The summed E-state index contributed by atoms with van der Waals surface area (Å²) in [4.78, 5) is 5.43. The number of benzene rings is 1. The van der Waals surface area contributed by atoms with Crippen LogP contribution in [0.3, 0.4) is 0 Å². The molecule has 0 N–H and O–H groups in total. The van der Waals surface area contributed by atoms with E-state index in [0.29, 0.717) is 5.75 Å². The number of ether oxygens (including phenoxy) is 1. The molecule has 0 heterocycles. The van der Waals surface area contributed by atoms with Gasteiger partial charge in [0.05, 0.1) is 20.2 Å². The lowest BCUT2D eigenvalue weighted by Crippen LogP contribution is -1.97. The van der Waals surface area contributed by atoms with Crippen molar-refractivity contribution in [3.05, 3.63) is 49.7 Å². The van der Waals surface area contributed by atoms with Crippen molar-refractivity contribution in [2.75, 3.05) is 7.11 Å². The Hall–Kier alpha value is -2.36. The second-order valence-electron chi connectivity index (χ2n) is 3.39. The maximum absolute atomic E-state index is 8.32. The second kappa shape index (κ2) is 6.27. The highest BCUT2D eigenvalue weighted by Crippen LogP contribution is 2.27. The average Bonchev–Trinajstić information content (AvgIpc) is 2.33. The van der Waals surface area contributed by atoms with E-state index in [2.05, 4.69) is 20.1 Å². The lowest BCUT2D eigenvalue weighted by Gasteiger charge is -2.12. The Morgan fingerprint density at radius 2 is 1.59 bits per heavy atom. The van der Waals surface area contributed by atoms with Gasteiger partial charge in [0.1, 0.15) is 5.75 Å². The van der Waals surface area contributed by atoms with Gasteiger partial charge in [0.25, 0.3) is 0 Å². The molecule has 0 amide bonds. The van der Waals surface area contributed by atoms with Crippen LogP contribution in [-0.4, -0.2) is 7.11 Å². The molecule has 0 unspecified atom stereocenters. The smallest absolute Gasteiger partial charge is 0.125 e. The standard InChI is InChI=1S/C10H12N6O/c1-7-3-8(5-13-15-11)10(17-2)9(4-7)6-14-16-12/h3-4H,5-6H2,1-2H3. The van der Waals surface area contributed by atoms with Gasteiger partial charge in [0.15, 0.2) is 0 Å². The Kier molecular flexibility index (Phi) is 4.69. The third-order valence-corrected chi connectivity index (χ3v) is 2.20. The van der Waals surface area contributed by atoms with Crippen LogP contribution in [0.1, 0.15) is 16.7 Å². The van der Waals surface area contributed by atoms with Gasteiger partial charge in [-0.15, -0.1) is 0 Å². The van der Waals surface area contributed by atoms with E-state index in [1.165, 1.54) is 7.11 Å². The van der Waals surface area contributed by atoms with Gasteiger partial charge in [-0.3, -0.25) is 0 Å². The molecule has 88 valence electrons. The molecule has 0 saturated heterocycles. The van der Waals surface area contributed by atoms with Crippen molar-refractivity contribution in [1.29, 1.82) is 0 Å². The molecule has 0 aliphatic heterocycles. The molecule has 0 spiro atoms. The first-order chi connectivity index (χ1) is 8.22. The first-order valence-corrected chi connectivity index (χ1v) is 4.91. The Morgan fingerprint density at radius 3 is 1.94 bits per heavy atom. The normalized spacial score (nSPS) is 9.06. The molecule has 0 aliphatic carbocycles. The third-order valence-electron chi connectivity index (χ3n) is 2.20. The van der Waals surface area contributed by atoms with Crippen molar-refractivity contribution in [2.45, 2.75) is 20.0 Å². The maximum atomic E-state index is 8.32. The number of hydrogen-bond donors (Lipinski definition) is 0. The van der Waals surface area contributed by atoms with Crippen molar-refractivity contribution in [1.82, 2.24) is 0 Å². The summed E-state index contributed by atoms with van der Waals surface area (Å²) in [6.45, 7) is 2.34. The molecule has 0 atom stereocenters. The summed E-state index contributed by atoms with van der Waals surface area (Å²) in [6, 6.07) is 3.76. The fraction of sp³-hybridized carbons (Fsp3) is 0.400. The summed E-state index contributed by atoms with van der Waals surface area (Å²) in [5.74, 6) is 0.607. The first kappa shape index (κ1) is 12.7. The van der Waals surface area contributed by atoms with Crippen LogP contribution in [0.25, 0.3) is 20.9 Å². The van der Waals surface area contributed by atoms with E-state index in [1.54, 1.807) is 0 Å². The molecule has 1 aromatic carbocycles. The van der Waals surface area contributed by atoms with Crippen molar-refractivity contribution in [2.24, 2.45) is 10.2 Å². The minimum atomic E-state index is 0.213. The van der Waals surface area contributed by atoms with Gasteiger partial charge in [-0.1, -0.05) is 27.9 Å².